The molecule has 0 aliphatic carbocycles. The van der Waals surface area contributed by atoms with Crippen LogP contribution in [0.25, 0.3) is 0 Å². The van der Waals surface area contributed by atoms with Crippen molar-refractivity contribution in [2.24, 2.45) is 0 Å². The number of aliphatic hydroxyl groups is 1. The second-order valence-corrected chi connectivity index (χ2v) is 3.78. The van der Waals surface area contributed by atoms with Crippen LogP contribution in [0.1, 0.15) is 32.6 Å². The van der Waals surface area contributed by atoms with E-state index in [1.807, 2.05) is 0 Å². The smallest absolute Gasteiger partial charge is 0.0817 e. The van der Waals surface area contributed by atoms with Crippen LogP contribution in [0.3, 0.4) is 0 Å². The molecule has 78 valence electrons. The molecule has 3 heteroatoms. The van der Waals surface area contributed by atoms with Gasteiger partial charge in [0.05, 0.1) is 6.10 Å². The molecular formula is C10H22N2O. The molecule has 1 saturated heterocycles. The molecule has 0 spiro atoms. The van der Waals surface area contributed by atoms with Crippen LogP contribution in [0.2, 0.25) is 0 Å². The maximum Gasteiger partial charge on any atom is 0.0817 e. The largest absolute Gasteiger partial charge is 0.390 e. The van der Waals surface area contributed by atoms with Crippen molar-refractivity contribution in [2.75, 3.05) is 19.6 Å². The lowest BCUT2D eigenvalue weighted by atomic mass is 10.1. The third-order valence-electron chi connectivity index (χ3n) is 2.67. The van der Waals surface area contributed by atoms with Crippen molar-refractivity contribution in [3.63, 3.8) is 0 Å². The summed E-state index contributed by atoms with van der Waals surface area (Å²) in [5.74, 6) is 0. The molecule has 0 aromatic heterocycles. The summed E-state index contributed by atoms with van der Waals surface area (Å²) in [6.07, 6.45) is 4.70. The third kappa shape index (κ3) is 4.07. The van der Waals surface area contributed by atoms with Crippen molar-refractivity contribution in [1.82, 2.24) is 10.6 Å². The Balaban J connectivity index is 2.22. The molecule has 0 radical (unpaired) electrons. The van der Waals surface area contributed by atoms with E-state index in [0.29, 0.717) is 12.6 Å². The van der Waals surface area contributed by atoms with Gasteiger partial charge in [-0.1, -0.05) is 19.8 Å². The average Bonchev–Trinajstić information content (AvgIpc) is 2.42. The van der Waals surface area contributed by atoms with E-state index >= 15 is 0 Å². The molecule has 0 aromatic carbocycles. The molecule has 3 N–H and O–H groups in total. The Morgan fingerprint density at radius 2 is 2.31 bits per heavy atom. The first-order valence-corrected chi connectivity index (χ1v) is 5.46. The SMILES string of the molecule is CCNCC(O)C1CCCCCN1. The fraction of sp³-hybridized carbons (Fsp3) is 1.00. The molecule has 13 heavy (non-hydrogen) atoms. The first-order valence-electron chi connectivity index (χ1n) is 5.46. The lowest BCUT2D eigenvalue weighted by Gasteiger charge is -2.22. The number of likely N-dealkylation sites (N-methyl/N-ethyl adjacent to an activating group) is 1. The zero-order valence-corrected chi connectivity index (χ0v) is 8.55. The summed E-state index contributed by atoms with van der Waals surface area (Å²) in [7, 11) is 0. The van der Waals surface area contributed by atoms with E-state index in [-0.39, 0.29) is 6.10 Å². The maximum atomic E-state index is 9.81. The second kappa shape index (κ2) is 6.35. The molecule has 1 heterocycles. The average molecular weight is 186 g/mol. The Bertz CT molecular complexity index is 122. The summed E-state index contributed by atoms with van der Waals surface area (Å²) in [6.45, 7) is 4.78. The van der Waals surface area contributed by atoms with Gasteiger partial charge in [-0.05, 0) is 25.9 Å². The highest BCUT2D eigenvalue weighted by atomic mass is 16.3. The first-order chi connectivity index (χ1) is 6.34. The standard InChI is InChI=1S/C10H22N2O/c1-2-11-8-10(13)9-6-4-3-5-7-12-9/h9-13H,2-8H2,1H3. The fourth-order valence-electron chi connectivity index (χ4n) is 1.82. The Labute approximate surface area is 80.9 Å². The molecule has 2 unspecified atom stereocenters. The number of hydrogen-bond donors (Lipinski definition) is 3. The van der Waals surface area contributed by atoms with Crippen LogP contribution in [0, 0.1) is 0 Å². The van der Waals surface area contributed by atoms with Gasteiger partial charge >= 0.3 is 0 Å². The number of aliphatic hydroxyl groups excluding tert-OH is 1. The fourth-order valence-corrected chi connectivity index (χ4v) is 1.82. The summed E-state index contributed by atoms with van der Waals surface area (Å²) >= 11 is 0. The van der Waals surface area contributed by atoms with Gasteiger partial charge in [0.25, 0.3) is 0 Å². The monoisotopic (exact) mass is 186 g/mol. The third-order valence-corrected chi connectivity index (χ3v) is 2.67. The van der Waals surface area contributed by atoms with Crippen molar-refractivity contribution in [1.29, 1.82) is 0 Å². The minimum atomic E-state index is -0.224. The van der Waals surface area contributed by atoms with E-state index in [4.69, 9.17) is 0 Å². The minimum absolute atomic E-state index is 0.224. The summed E-state index contributed by atoms with van der Waals surface area (Å²) in [5, 5.41) is 16.4. The van der Waals surface area contributed by atoms with Crippen molar-refractivity contribution in [3.8, 4) is 0 Å². The summed E-state index contributed by atoms with van der Waals surface area (Å²) in [5.41, 5.74) is 0. The Kier molecular flexibility index (Phi) is 5.35. The molecule has 0 aromatic rings. The van der Waals surface area contributed by atoms with Crippen molar-refractivity contribution >= 4 is 0 Å². The zero-order chi connectivity index (χ0) is 9.52. The maximum absolute atomic E-state index is 9.81. The van der Waals surface area contributed by atoms with Crippen LogP contribution in [0.4, 0.5) is 0 Å². The molecule has 2 atom stereocenters. The highest BCUT2D eigenvalue weighted by Gasteiger charge is 2.19. The number of hydrogen-bond acceptors (Lipinski definition) is 3. The highest BCUT2D eigenvalue weighted by molar-refractivity contribution is 4.79. The summed E-state index contributed by atoms with van der Waals surface area (Å²) in [6, 6.07) is 0.307. The van der Waals surface area contributed by atoms with Gasteiger partial charge in [0, 0.05) is 12.6 Å². The molecule has 1 fully saturated rings. The van der Waals surface area contributed by atoms with E-state index in [9.17, 15) is 5.11 Å². The van der Waals surface area contributed by atoms with Crippen LogP contribution in [0.15, 0.2) is 0 Å². The lowest BCUT2D eigenvalue weighted by Crippen LogP contribution is -2.44. The normalized spacial score (nSPS) is 26.8. The second-order valence-electron chi connectivity index (χ2n) is 3.78. The van der Waals surface area contributed by atoms with Gasteiger partial charge in [0.15, 0.2) is 0 Å². The van der Waals surface area contributed by atoms with E-state index in [0.717, 1.165) is 19.5 Å². The van der Waals surface area contributed by atoms with Gasteiger partial charge < -0.3 is 15.7 Å². The van der Waals surface area contributed by atoms with Crippen molar-refractivity contribution in [2.45, 2.75) is 44.8 Å². The lowest BCUT2D eigenvalue weighted by molar-refractivity contribution is 0.124. The quantitative estimate of drug-likeness (QED) is 0.598. The van der Waals surface area contributed by atoms with Crippen LogP contribution >= 0.6 is 0 Å². The topological polar surface area (TPSA) is 44.3 Å². The molecular weight excluding hydrogens is 164 g/mol. The van der Waals surface area contributed by atoms with Crippen molar-refractivity contribution in [3.05, 3.63) is 0 Å². The number of rotatable bonds is 4. The van der Waals surface area contributed by atoms with E-state index in [1.165, 1.54) is 19.3 Å². The number of nitrogens with one attached hydrogen (secondary N) is 2. The van der Waals surface area contributed by atoms with E-state index in [1.54, 1.807) is 0 Å². The predicted molar refractivity (Wildman–Crippen MR) is 54.8 cm³/mol. The zero-order valence-electron chi connectivity index (χ0n) is 8.55. The van der Waals surface area contributed by atoms with Gasteiger partial charge in [0.1, 0.15) is 0 Å². The molecule has 0 bridgehead atoms. The van der Waals surface area contributed by atoms with Crippen LogP contribution in [0.5, 0.6) is 0 Å². The first kappa shape index (κ1) is 11.0. The molecule has 1 aliphatic rings. The molecule has 1 aliphatic heterocycles. The Hall–Kier alpha value is -0.120. The van der Waals surface area contributed by atoms with Crippen LogP contribution < -0.4 is 10.6 Å². The van der Waals surface area contributed by atoms with Gasteiger partial charge in [-0.25, -0.2) is 0 Å². The van der Waals surface area contributed by atoms with Gasteiger partial charge in [0.2, 0.25) is 0 Å². The van der Waals surface area contributed by atoms with Gasteiger partial charge in [-0.3, -0.25) is 0 Å². The van der Waals surface area contributed by atoms with Crippen LogP contribution in [-0.4, -0.2) is 36.9 Å². The van der Waals surface area contributed by atoms with Crippen molar-refractivity contribution < 1.29 is 5.11 Å². The molecule has 0 amide bonds. The molecule has 3 nitrogen and oxygen atoms in total. The molecule has 1 rings (SSSR count). The highest BCUT2D eigenvalue weighted by Crippen LogP contribution is 2.10. The Morgan fingerprint density at radius 1 is 1.46 bits per heavy atom. The summed E-state index contributed by atoms with van der Waals surface area (Å²) in [4.78, 5) is 0. The minimum Gasteiger partial charge on any atom is -0.390 e. The van der Waals surface area contributed by atoms with Crippen LogP contribution in [-0.2, 0) is 0 Å². The van der Waals surface area contributed by atoms with E-state index < -0.39 is 0 Å². The van der Waals surface area contributed by atoms with Gasteiger partial charge in [-0.2, -0.15) is 0 Å². The van der Waals surface area contributed by atoms with Gasteiger partial charge in [-0.15, -0.1) is 0 Å². The summed E-state index contributed by atoms with van der Waals surface area (Å²) < 4.78 is 0. The predicted octanol–water partition coefficient (Wildman–Crippen LogP) is 0.489. The van der Waals surface area contributed by atoms with E-state index in [2.05, 4.69) is 17.6 Å². The Morgan fingerprint density at radius 3 is 3.08 bits per heavy atom. The molecule has 0 saturated carbocycles.